The fourth-order valence-electron chi connectivity index (χ4n) is 3.17. The van der Waals surface area contributed by atoms with Crippen molar-refractivity contribution in [2.24, 2.45) is 5.16 Å². The third kappa shape index (κ3) is 2.78. The van der Waals surface area contributed by atoms with E-state index >= 15 is 0 Å². The van der Waals surface area contributed by atoms with Gasteiger partial charge in [0.15, 0.2) is 6.61 Å². The van der Waals surface area contributed by atoms with Crippen LogP contribution in [-0.2, 0) is 22.5 Å². The lowest BCUT2D eigenvalue weighted by atomic mass is 10.00. The van der Waals surface area contributed by atoms with Crippen LogP contribution in [-0.4, -0.2) is 30.6 Å². The quantitative estimate of drug-likeness (QED) is 0.850. The predicted molar refractivity (Wildman–Crippen MR) is 86.9 cm³/mol. The summed E-state index contributed by atoms with van der Waals surface area (Å²) in [7, 11) is 0. The number of hydrogen-bond acceptors (Lipinski definition) is 5. The van der Waals surface area contributed by atoms with E-state index in [4.69, 9.17) is 9.57 Å². The zero-order valence-corrected chi connectivity index (χ0v) is 13.7. The summed E-state index contributed by atoms with van der Waals surface area (Å²) in [5, 5.41) is 5.98. The fourth-order valence-corrected chi connectivity index (χ4v) is 4.06. The van der Waals surface area contributed by atoms with Gasteiger partial charge in [-0.1, -0.05) is 6.07 Å². The van der Waals surface area contributed by atoms with Crippen LogP contribution in [0.3, 0.4) is 0 Å². The Morgan fingerprint density at radius 2 is 2.00 bits per heavy atom. The van der Waals surface area contributed by atoms with Gasteiger partial charge in [0.2, 0.25) is 5.90 Å². The van der Waals surface area contributed by atoms with E-state index in [0.717, 1.165) is 6.42 Å². The zero-order chi connectivity index (χ0) is 16.5. The molecule has 4 rings (SSSR count). The Labute approximate surface area is 142 Å². The standard InChI is InChI=1S/C17H16F2N2O2S/c18-12-2-1-3-13(19)15(12)16(17-20-23-8-7-22-17)21-6-4-14-11(10-21)5-9-24-14/h1-3,5,9,16H,4,6-8,10H2. The number of oxime groups is 1. The Bertz CT molecular complexity index is 757. The molecule has 2 aromatic rings. The van der Waals surface area contributed by atoms with E-state index in [1.165, 1.54) is 28.6 Å². The Morgan fingerprint density at radius 3 is 2.75 bits per heavy atom. The second kappa shape index (κ2) is 6.49. The fraction of sp³-hybridized carbons (Fsp3) is 0.353. The van der Waals surface area contributed by atoms with Crippen LogP contribution in [0.5, 0.6) is 0 Å². The molecular weight excluding hydrogens is 334 g/mol. The van der Waals surface area contributed by atoms with Crippen molar-refractivity contribution >= 4 is 17.2 Å². The number of nitrogens with zero attached hydrogens (tertiary/aromatic N) is 2. The summed E-state index contributed by atoms with van der Waals surface area (Å²) in [5.41, 5.74) is 1.14. The van der Waals surface area contributed by atoms with Crippen molar-refractivity contribution in [2.45, 2.75) is 19.0 Å². The minimum absolute atomic E-state index is 0.0413. The van der Waals surface area contributed by atoms with Crippen molar-refractivity contribution < 1.29 is 18.4 Å². The molecule has 126 valence electrons. The third-order valence-electron chi connectivity index (χ3n) is 4.29. The number of ether oxygens (including phenoxy) is 1. The molecular formula is C17H16F2N2O2S. The van der Waals surface area contributed by atoms with Gasteiger partial charge in [-0.05, 0) is 40.7 Å². The minimum Gasteiger partial charge on any atom is -0.474 e. The van der Waals surface area contributed by atoms with Crippen molar-refractivity contribution in [3.63, 3.8) is 0 Å². The van der Waals surface area contributed by atoms with E-state index in [1.807, 2.05) is 10.3 Å². The van der Waals surface area contributed by atoms with Gasteiger partial charge in [0.25, 0.3) is 0 Å². The van der Waals surface area contributed by atoms with E-state index in [-0.39, 0.29) is 11.5 Å². The van der Waals surface area contributed by atoms with Gasteiger partial charge >= 0.3 is 0 Å². The summed E-state index contributed by atoms with van der Waals surface area (Å²) in [4.78, 5) is 8.41. The van der Waals surface area contributed by atoms with E-state index in [9.17, 15) is 8.78 Å². The van der Waals surface area contributed by atoms with Gasteiger partial charge in [-0.15, -0.1) is 11.3 Å². The first-order valence-electron chi connectivity index (χ1n) is 7.80. The molecule has 0 aliphatic carbocycles. The average Bonchev–Trinajstić information content (AvgIpc) is 3.07. The molecule has 1 unspecified atom stereocenters. The highest BCUT2D eigenvalue weighted by Gasteiger charge is 2.35. The van der Waals surface area contributed by atoms with Crippen LogP contribution in [0.4, 0.5) is 8.78 Å². The van der Waals surface area contributed by atoms with Crippen LogP contribution < -0.4 is 0 Å². The van der Waals surface area contributed by atoms with Gasteiger partial charge in [0, 0.05) is 18.0 Å². The van der Waals surface area contributed by atoms with Crippen molar-refractivity contribution in [1.29, 1.82) is 0 Å². The zero-order valence-electron chi connectivity index (χ0n) is 12.9. The molecule has 1 aromatic heterocycles. The van der Waals surface area contributed by atoms with Crippen LogP contribution in [0, 0.1) is 11.6 Å². The normalized spacial score (nSPS) is 19.0. The number of benzene rings is 1. The monoisotopic (exact) mass is 350 g/mol. The van der Waals surface area contributed by atoms with Crippen LogP contribution in [0.15, 0.2) is 34.8 Å². The summed E-state index contributed by atoms with van der Waals surface area (Å²) >= 11 is 1.72. The molecule has 0 bridgehead atoms. The Kier molecular flexibility index (Phi) is 4.20. The number of fused-ring (bicyclic) bond motifs is 1. The Balaban J connectivity index is 1.75. The molecule has 0 saturated heterocycles. The summed E-state index contributed by atoms with van der Waals surface area (Å²) in [6.07, 6.45) is 0.841. The largest absolute Gasteiger partial charge is 0.474 e. The highest BCUT2D eigenvalue weighted by Crippen LogP contribution is 2.34. The van der Waals surface area contributed by atoms with Gasteiger partial charge in [-0.25, -0.2) is 8.78 Å². The number of rotatable bonds is 3. The first-order valence-corrected chi connectivity index (χ1v) is 8.68. The van der Waals surface area contributed by atoms with Gasteiger partial charge in [0.1, 0.15) is 24.3 Å². The molecule has 0 amide bonds. The molecule has 0 N–H and O–H groups in total. The predicted octanol–water partition coefficient (Wildman–Crippen LogP) is 3.49. The van der Waals surface area contributed by atoms with Crippen molar-refractivity contribution in [3.8, 4) is 0 Å². The van der Waals surface area contributed by atoms with Crippen molar-refractivity contribution in [2.75, 3.05) is 19.8 Å². The maximum atomic E-state index is 14.4. The molecule has 0 radical (unpaired) electrons. The summed E-state index contributed by atoms with van der Waals surface area (Å²) < 4.78 is 34.4. The highest BCUT2D eigenvalue weighted by atomic mass is 32.1. The van der Waals surface area contributed by atoms with E-state index in [0.29, 0.717) is 26.3 Å². The molecule has 3 heterocycles. The first-order chi connectivity index (χ1) is 11.7. The molecule has 7 heteroatoms. The molecule has 4 nitrogen and oxygen atoms in total. The lowest BCUT2D eigenvalue weighted by Crippen LogP contribution is -2.40. The summed E-state index contributed by atoms with van der Waals surface area (Å²) in [6.45, 7) is 1.93. The molecule has 0 saturated carbocycles. The molecule has 0 fully saturated rings. The molecule has 2 aliphatic rings. The van der Waals surface area contributed by atoms with E-state index in [1.54, 1.807) is 11.3 Å². The lowest BCUT2D eigenvalue weighted by molar-refractivity contribution is 0.0489. The minimum atomic E-state index is -0.737. The lowest BCUT2D eigenvalue weighted by Gasteiger charge is -2.35. The van der Waals surface area contributed by atoms with Crippen LogP contribution in [0.2, 0.25) is 0 Å². The van der Waals surface area contributed by atoms with Crippen LogP contribution in [0.25, 0.3) is 0 Å². The molecule has 1 atom stereocenters. The average molecular weight is 350 g/mol. The smallest absolute Gasteiger partial charge is 0.248 e. The second-order valence-corrected chi connectivity index (χ2v) is 6.74. The summed E-state index contributed by atoms with van der Waals surface area (Å²) in [6, 6.07) is 5.20. The third-order valence-corrected chi connectivity index (χ3v) is 5.31. The highest BCUT2D eigenvalue weighted by molar-refractivity contribution is 7.10. The maximum absolute atomic E-state index is 14.4. The van der Waals surface area contributed by atoms with Gasteiger partial charge in [0.05, 0.1) is 5.56 Å². The van der Waals surface area contributed by atoms with E-state index < -0.39 is 17.7 Å². The molecule has 1 aromatic carbocycles. The Hall–Kier alpha value is -1.99. The van der Waals surface area contributed by atoms with Gasteiger partial charge in [-0.3, -0.25) is 4.90 Å². The first kappa shape index (κ1) is 15.5. The van der Waals surface area contributed by atoms with Gasteiger partial charge in [-0.2, -0.15) is 0 Å². The van der Waals surface area contributed by atoms with Crippen LogP contribution in [0.1, 0.15) is 22.0 Å². The molecule has 2 aliphatic heterocycles. The van der Waals surface area contributed by atoms with Crippen LogP contribution >= 0.6 is 11.3 Å². The number of thiophene rings is 1. The summed E-state index contributed by atoms with van der Waals surface area (Å²) in [5.74, 6) is -0.995. The van der Waals surface area contributed by atoms with E-state index in [2.05, 4.69) is 11.2 Å². The SMILES string of the molecule is Fc1cccc(F)c1C(C1=NOCCO1)N1CCc2sccc2C1. The number of halogens is 2. The molecule has 24 heavy (non-hydrogen) atoms. The maximum Gasteiger partial charge on any atom is 0.248 e. The second-order valence-electron chi connectivity index (χ2n) is 5.74. The van der Waals surface area contributed by atoms with Crippen molar-refractivity contribution in [1.82, 2.24) is 4.90 Å². The van der Waals surface area contributed by atoms with Crippen molar-refractivity contribution in [3.05, 3.63) is 57.3 Å². The van der Waals surface area contributed by atoms with Gasteiger partial charge < -0.3 is 9.57 Å². The number of hydrogen-bond donors (Lipinski definition) is 0. The Morgan fingerprint density at radius 1 is 1.17 bits per heavy atom. The molecule has 0 spiro atoms. The topological polar surface area (TPSA) is 34.1 Å².